The third-order valence-electron chi connectivity index (χ3n) is 2.87. The molecule has 1 unspecified atom stereocenters. The molecule has 0 aliphatic carbocycles. The van der Waals surface area contributed by atoms with Gasteiger partial charge in [0.15, 0.2) is 0 Å². The summed E-state index contributed by atoms with van der Waals surface area (Å²) in [6.45, 7) is 0.977. The van der Waals surface area contributed by atoms with Gasteiger partial charge in [-0.15, -0.1) is 12.4 Å². The number of hydrogen-bond acceptors (Lipinski definition) is 3. The molecular formula is C11H16BrClN2O2S. The van der Waals surface area contributed by atoms with Gasteiger partial charge < -0.3 is 5.73 Å². The van der Waals surface area contributed by atoms with Crippen molar-refractivity contribution in [3.8, 4) is 0 Å². The van der Waals surface area contributed by atoms with Gasteiger partial charge in [-0.05, 0) is 37.1 Å². The number of benzene rings is 1. The average molecular weight is 356 g/mol. The Labute approximate surface area is 122 Å². The minimum Gasteiger partial charge on any atom is -0.327 e. The highest BCUT2D eigenvalue weighted by molar-refractivity contribution is 9.10. The summed E-state index contributed by atoms with van der Waals surface area (Å²) >= 11 is 3.29. The van der Waals surface area contributed by atoms with Gasteiger partial charge in [0, 0.05) is 23.6 Å². The third-order valence-corrected chi connectivity index (χ3v) is 5.28. The van der Waals surface area contributed by atoms with Crippen molar-refractivity contribution in [3.05, 3.63) is 28.7 Å². The summed E-state index contributed by atoms with van der Waals surface area (Å²) in [6, 6.07) is 6.64. The van der Waals surface area contributed by atoms with E-state index in [4.69, 9.17) is 5.73 Å². The Morgan fingerprint density at radius 2 is 1.89 bits per heavy atom. The Bertz CT molecular complexity index is 492. The van der Waals surface area contributed by atoms with Gasteiger partial charge in [-0.1, -0.05) is 15.9 Å². The summed E-state index contributed by atoms with van der Waals surface area (Å²) < 4.78 is 26.9. The van der Waals surface area contributed by atoms with Crippen LogP contribution >= 0.6 is 28.3 Å². The van der Waals surface area contributed by atoms with Crippen LogP contribution in [0.2, 0.25) is 0 Å². The second-order valence-electron chi connectivity index (χ2n) is 4.22. The molecular weight excluding hydrogens is 340 g/mol. The molecule has 0 aromatic heterocycles. The van der Waals surface area contributed by atoms with Crippen molar-refractivity contribution < 1.29 is 8.42 Å². The van der Waals surface area contributed by atoms with Crippen molar-refractivity contribution in [2.24, 2.45) is 5.73 Å². The van der Waals surface area contributed by atoms with Crippen molar-refractivity contribution in [3.63, 3.8) is 0 Å². The molecule has 4 nitrogen and oxygen atoms in total. The molecule has 2 N–H and O–H groups in total. The highest BCUT2D eigenvalue weighted by Crippen LogP contribution is 2.21. The molecule has 0 saturated carbocycles. The van der Waals surface area contributed by atoms with Crippen LogP contribution in [0.25, 0.3) is 0 Å². The normalized spacial score (nSPS) is 21.3. The van der Waals surface area contributed by atoms with Gasteiger partial charge in [0.25, 0.3) is 0 Å². The van der Waals surface area contributed by atoms with Crippen LogP contribution in [-0.2, 0) is 10.0 Å². The molecule has 0 radical (unpaired) electrons. The molecule has 2 rings (SSSR count). The van der Waals surface area contributed by atoms with E-state index in [2.05, 4.69) is 15.9 Å². The maximum absolute atomic E-state index is 12.3. The standard InChI is InChI=1S/C11H15BrN2O2S.ClH/c12-9-3-5-11(6-4-9)17(15,16)14-7-1-2-10(13)8-14;/h3-6,10H,1-2,7-8,13H2;1H. The van der Waals surface area contributed by atoms with E-state index in [0.29, 0.717) is 18.0 Å². The first-order valence-electron chi connectivity index (χ1n) is 5.51. The van der Waals surface area contributed by atoms with Crippen molar-refractivity contribution in [2.45, 2.75) is 23.8 Å². The third kappa shape index (κ3) is 3.45. The monoisotopic (exact) mass is 354 g/mol. The fourth-order valence-electron chi connectivity index (χ4n) is 1.95. The Morgan fingerprint density at radius 3 is 2.44 bits per heavy atom. The summed E-state index contributed by atoms with van der Waals surface area (Å²) in [5.74, 6) is 0. The largest absolute Gasteiger partial charge is 0.327 e. The van der Waals surface area contributed by atoms with Gasteiger partial charge in [-0.25, -0.2) is 8.42 Å². The number of sulfonamides is 1. The zero-order valence-electron chi connectivity index (χ0n) is 9.75. The maximum Gasteiger partial charge on any atom is 0.243 e. The number of halogens is 2. The quantitative estimate of drug-likeness (QED) is 0.882. The lowest BCUT2D eigenvalue weighted by atomic mass is 10.1. The first-order chi connectivity index (χ1) is 8.00. The second kappa shape index (κ2) is 6.34. The minimum atomic E-state index is -3.38. The van der Waals surface area contributed by atoms with Crippen LogP contribution in [0.4, 0.5) is 0 Å². The molecule has 102 valence electrons. The van der Waals surface area contributed by atoms with E-state index in [1.165, 1.54) is 4.31 Å². The van der Waals surface area contributed by atoms with E-state index in [1.54, 1.807) is 24.3 Å². The number of piperidine rings is 1. The molecule has 0 bridgehead atoms. The lowest BCUT2D eigenvalue weighted by molar-refractivity contribution is 0.316. The lowest BCUT2D eigenvalue weighted by Gasteiger charge is -2.29. The maximum atomic E-state index is 12.3. The molecule has 1 atom stereocenters. The Hall–Kier alpha value is -0.140. The molecule has 18 heavy (non-hydrogen) atoms. The van der Waals surface area contributed by atoms with Gasteiger partial charge in [-0.2, -0.15) is 4.31 Å². The smallest absolute Gasteiger partial charge is 0.243 e. The fourth-order valence-corrected chi connectivity index (χ4v) is 3.75. The van der Waals surface area contributed by atoms with Crippen molar-refractivity contribution in [1.29, 1.82) is 0 Å². The zero-order chi connectivity index (χ0) is 12.5. The van der Waals surface area contributed by atoms with Gasteiger partial charge in [0.2, 0.25) is 10.0 Å². The van der Waals surface area contributed by atoms with Gasteiger partial charge in [0.05, 0.1) is 4.90 Å². The highest BCUT2D eigenvalue weighted by atomic mass is 79.9. The summed E-state index contributed by atoms with van der Waals surface area (Å²) in [5, 5.41) is 0. The van der Waals surface area contributed by atoms with Crippen LogP contribution < -0.4 is 5.73 Å². The van der Waals surface area contributed by atoms with Crippen LogP contribution in [0.5, 0.6) is 0 Å². The van der Waals surface area contributed by atoms with Crippen molar-refractivity contribution in [1.82, 2.24) is 4.31 Å². The summed E-state index contributed by atoms with van der Waals surface area (Å²) in [5.41, 5.74) is 5.81. The second-order valence-corrected chi connectivity index (χ2v) is 7.07. The molecule has 1 aromatic carbocycles. The van der Waals surface area contributed by atoms with Gasteiger partial charge in [0.1, 0.15) is 0 Å². The molecule has 1 aromatic rings. The van der Waals surface area contributed by atoms with Crippen LogP contribution in [0, 0.1) is 0 Å². The van der Waals surface area contributed by atoms with Crippen molar-refractivity contribution >= 4 is 38.4 Å². The first-order valence-corrected chi connectivity index (χ1v) is 7.75. The van der Waals surface area contributed by atoms with E-state index in [1.807, 2.05) is 0 Å². The Balaban J connectivity index is 0.00000162. The van der Waals surface area contributed by atoms with Crippen LogP contribution in [-0.4, -0.2) is 31.9 Å². The van der Waals surface area contributed by atoms with Crippen LogP contribution in [0.3, 0.4) is 0 Å². The first kappa shape index (κ1) is 15.9. The molecule has 0 amide bonds. The van der Waals surface area contributed by atoms with Gasteiger partial charge >= 0.3 is 0 Å². The van der Waals surface area contributed by atoms with E-state index in [0.717, 1.165) is 17.3 Å². The zero-order valence-corrected chi connectivity index (χ0v) is 13.0. The van der Waals surface area contributed by atoms with E-state index in [9.17, 15) is 8.42 Å². The number of rotatable bonds is 2. The van der Waals surface area contributed by atoms with Crippen LogP contribution in [0.1, 0.15) is 12.8 Å². The number of nitrogens with zero attached hydrogens (tertiary/aromatic N) is 1. The summed E-state index contributed by atoms with van der Waals surface area (Å²) in [6.07, 6.45) is 1.73. The van der Waals surface area contributed by atoms with E-state index >= 15 is 0 Å². The average Bonchev–Trinajstić information content (AvgIpc) is 2.29. The summed E-state index contributed by atoms with van der Waals surface area (Å²) in [7, 11) is -3.38. The molecule has 1 aliphatic rings. The fraction of sp³-hybridized carbons (Fsp3) is 0.455. The SMILES string of the molecule is Cl.NC1CCCN(S(=O)(=O)c2ccc(Br)cc2)C1. The van der Waals surface area contributed by atoms with Crippen molar-refractivity contribution in [2.75, 3.05) is 13.1 Å². The number of nitrogens with two attached hydrogens (primary N) is 1. The number of hydrogen-bond donors (Lipinski definition) is 1. The predicted octanol–water partition coefficient (Wildman–Crippen LogP) is 1.98. The molecule has 1 fully saturated rings. The minimum absolute atomic E-state index is 0. The molecule has 1 saturated heterocycles. The topological polar surface area (TPSA) is 63.4 Å². The van der Waals surface area contributed by atoms with Crippen LogP contribution in [0.15, 0.2) is 33.6 Å². The van der Waals surface area contributed by atoms with Gasteiger partial charge in [-0.3, -0.25) is 0 Å². The molecule has 7 heteroatoms. The van der Waals surface area contributed by atoms with E-state index < -0.39 is 10.0 Å². The predicted molar refractivity (Wildman–Crippen MR) is 77.4 cm³/mol. The Kier molecular flexibility index (Phi) is 5.61. The summed E-state index contributed by atoms with van der Waals surface area (Å²) in [4.78, 5) is 0.329. The molecule has 0 spiro atoms. The molecule has 1 aliphatic heterocycles. The lowest BCUT2D eigenvalue weighted by Crippen LogP contribution is -2.45. The molecule has 1 heterocycles. The highest BCUT2D eigenvalue weighted by Gasteiger charge is 2.28. The Morgan fingerprint density at radius 1 is 1.28 bits per heavy atom. The van der Waals surface area contributed by atoms with E-state index in [-0.39, 0.29) is 18.4 Å².